The standard InChI is InChI=1S/C14H19BrN2O3/c15-11-7-8-12(17-10-11)14(20)16-9-5-3-1-2-4-6-13(18)19/h7-8,10H,1-6,9H2,(H,16,20)(H,18,19). The first-order valence-corrected chi connectivity index (χ1v) is 7.50. The molecule has 0 aromatic carbocycles. The highest BCUT2D eigenvalue weighted by Gasteiger charge is 2.05. The zero-order chi connectivity index (χ0) is 14.8. The fourth-order valence-corrected chi connectivity index (χ4v) is 1.97. The lowest BCUT2D eigenvalue weighted by atomic mass is 10.1. The predicted molar refractivity (Wildman–Crippen MR) is 79.6 cm³/mol. The second-order valence-corrected chi connectivity index (χ2v) is 5.44. The highest BCUT2D eigenvalue weighted by Crippen LogP contribution is 2.07. The van der Waals surface area contributed by atoms with Crippen molar-refractivity contribution in [1.29, 1.82) is 0 Å². The average molecular weight is 343 g/mol. The second kappa shape index (κ2) is 9.47. The van der Waals surface area contributed by atoms with Crippen LogP contribution in [0.1, 0.15) is 49.0 Å². The molecule has 0 aliphatic heterocycles. The molecule has 0 radical (unpaired) electrons. The van der Waals surface area contributed by atoms with Gasteiger partial charge in [-0.25, -0.2) is 4.98 Å². The summed E-state index contributed by atoms with van der Waals surface area (Å²) in [5.41, 5.74) is 0.412. The number of aromatic nitrogens is 1. The summed E-state index contributed by atoms with van der Waals surface area (Å²) in [5, 5.41) is 11.3. The molecule has 0 saturated carbocycles. The molecule has 0 spiro atoms. The Morgan fingerprint density at radius 3 is 2.50 bits per heavy atom. The number of hydrogen-bond acceptors (Lipinski definition) is 3. The van der Waals surface area contributed by atoms with E-state index in [9.17, 15) is 9.59 Å². The number of aliphatic carboxylic acids is 1. The Morgan fingerprint density at radius 2 is 1.85 bits per heavy atom. The zero-order valence-corrected chi connectivity index (χ0v) is 12.9. The molecule has 0 aliphatic carbocycles. The minimum atomic E-state index is -0.737. The first kappa shape index (κ1) is 16.6. The predicted octanol–water partition coefficient (Wildman–Crippen LogP) is 3.00. The molecule has 110 valence electrons. The minimum Gasteiger partial charge on any atom is -0.481 e. The van der Waals surface area contributed by atoms with Gasteiger partial charge >= 0.3 is 5.97 Å². The van der Waals surface area contributed by atoms with Crippen molar-refractivity contribution < 1.29 is 14.7 Å². The Morgan fingerprint density at radius 1 is 1.15 bits per heavy atom. The van der Waals surface area contributed by atoms with Gasteiger partial charge in [-0.3, -0.25) is 9.59 Å². The SMILES string of the molecule is O=C(O)CCCCCCCNC(=O)c1ccc(Br)cn1. The van der Waals surface area contributed by atoms with E-state index in [0.29, 0.717) is 12.2 Å². The summed E-state index contributed by atoms with van der Waals surface area (Å²) < 4.78 is 0.843. The molecule has 0 bridgehead atoms. The molecule has 0 aliphatic rings. The molecule has 0 unspecified atom stereocenters. The highest BCUT2D eigenvalue weighted by atomic mass is 79.9. The van der Waals surface area contributed by atoms with Gasteiger partial charge in [0, 0.05) is 23.6 Å². The van der Waals surface area contributed by atoms with E-state index in [2.05, 4.69) is 26.2 Å². The number of pyridine rings is 1. The second-order valence-electron chi connectivity index (χ2n) is 4.53. The van der Waals surface area contributed by atoms with Crippen molar-refractivity contribution >= 4 is 27.8 Å². The van der Waals surface area contributed by atoms with Gasteiger partial charge in [0.2, 0.25) is 0 Å². The maximum Gasteiger partial charge on any atom is 0.303 e. The molecule has 0 saturated heterocycles. The number of nitrogens with zero attached hydrogens (tertiary/aromatic N) is 1. The Bertz CT molecular complexity index is 435. The molecule has 0 fully saturated rings. The van der Waals surface area contributed by atoms with Crippen LogP contribution >= 0.6 is 15.9 Å². The van der Waals surface area contributed by atoms with Crippen molar-refractivity contribution in [2.24, 2.45) is 0 Å². The Hall–Kier alpha value is -1.43. The first-order chi connectivity index (χ1) is 9.59. The van der Waals surface area contributed by atoms with Gasteiger partial charge < -0.3 is 10.4 Å². The van der Waals surface area contributed by atoms with E-state index in [1.54, 1.807) is 18.3 Å². The van der Waals surface area contributed by atoms with Gasteiger partial charge in [0.1, 0.15) is 5.69 Å². The summed E-state index contributed by atoms with van der Waals surface area (Å²) in [6.45, 7) is 0.621. The van der Waals surface area contributed by atoms with E-state index in [-0.39, 0.29) is 12.3 Å². The molecule has 1 rings (SSSR count). The zero-order valence-electron chi connectivity index (χ0n) is 11.3. The van der Waals surface area contributed by atoms with Crippen LogP contribution in [0, 0.1) is 0 Å². The molecule has 1 amide bonds. The normalized spacial score (nSPS) is 10.2. The maximum absolute atomic E-state index is 11.7. The molecular formula is C14H19BrN2O3. The third kappa shape index (κ3) is 7.23. The maximum atomic E-state index is 11.7. The van der Waals surface area contributed by atoms with Crippen molar-refractivity contribution in [2.45, 2.75) is 38.5 Å². The van der Waals surface area contributed by atoms with Gasteiger partial charge in [0.25, 0.3) is 5.91 Å². The van der Waals surface area contributed by atoms with Gasteiger partial charge in [-0.2, -0.15) is 0 Å². The fourth-order valence-electron chi connectivity index (χ4n) is 1.73. The summed E-state index contributed by atoms with van der Waals surface area (Å²) in [6.07, 6.45) is 6.38. The lowest BCUT2D eigenvalue weighted by molar-refractivity contribution is -0.137. The number of carbonyl (C=O) groups excluding carboxylic acids is 1. The van der Waals surface area contributed by atoms with Gasteiger partial charge in [-0.05, 0) is 40.9 Å². The van der Waals surface area contributed by atoms with Gasteiger partial charge in [0.15, 0.2) is 0 Å². The van der Waals surface area contributed by atoms with Gasteiger partial charge in [-0.1, -0.05) is 19.3 Å². The largest absolute Gasteiger partial charge is 0.481 e. The number of carbonyl (C=O) groups is 2. The molecule has 0 atom stereocenters. The minimum absolute atomic E-state index is 0.164. The van der Waals surface area contributed by atoms with E-state index in [1.165, 1.54) is 0 Å². The van der Waals surface area contributed by atoms with E-state index in [1.807, 2.05) is 0 Å². The quantitative estimate of drug-likeness (QED) is 0.676. The molecular weight excluding hydrogens is 324 g/mol. The smallest absolute Gasteiger partial charge is 0.303 e. The van der Waals surface area contributed by atoms with Crippen LogP contribution in [0.3, 0.4) is 0 Å². The molecule has 5 nitrogen and oxygen atoms in total. The third-order valence-corrected chi connectivity index (χ3v) is 3.28. The Labute approximate surface area is 126 Å². The molecule has 1 heterocycles. The van der Waals surface area contributed by atoms with E-state index < -0.39 is 5.97 Å². The summed E-state index contributed by atoms with van der Waals surface area (Å²) in [6, 6.07) is 3.45. The lowest BCUT2D eigenvalue weighted by Gasteiger charge is -2.04. The average Bonchev–Trinajstić information content (AvgIpc) is 2.42. The number of carboxylic acids is 1. The van der Waals surface area contributed by atoms with Crippen LogP contribution < -0.4 is 5.32 Å². The van der Waals surface area contributed by atoms with Crippen molar-refractivity contribution in [3.8, 4) is 0 Å². The summed E-state index contributed by atoms with van der Waals surface area (Å²) in [5.74, 6) is -0.900. The third-order valence-electron chi connectivity index (χ3n) is 2.81. The van der Waals surface area contributed by atoms with Crippen molar-refractivity contribution in [3.63, 3.8) is 0 Å². The first-order valence-electron chi connectivity index (χ1n) is 6.71. The lowest BCUT2D eigenvalue weighted by Crippen LogP contribution is -2.25. The van der Waals surface area contributed by atoms with Crippen LogP contribution in [0.25, 0.3) is 0 Å². The topological polar surface area (TPSA) is 79.3 Å². The number of amides is 1. The number of hydrogen-bond donors (Lipinski definition) is 2. The summed E-state index contributed by atoms with van der Waals surface area (Å²) >= 11 is 3.27. The Balaban J connectivity index is 2.05. The number of rotatable bonds is 9. The van der Waals surface area contributed by atoms with Crippen molar-refractivity contribution in [3.05, 3.63) is 28.5 Å². The van der Waals surface area contributed by atoms with Crippen LogP contribution in [-0.4, -0.2) is 28.5 Å². The molecule has 20 heavy (non-hydrogen) atoms. The summed E-state index contributed by atoms with van der Waals surface area (Å²) in [7, 11) is 0. The monoisotopic (exact) mass is 342 g/mol. The van der Waals surface area contributed by atoms with E-state index in [0.717, 1.165) is 36.6 Å². The molecule has 1 aromatic rings. The van der Waals surface area contributed by atoms with Crippen molar-refractivity contribution in [1.82, 2.24) is 10.3 Å². The number of halogens is 1. The van der Waals surface area contributed by atoms with Crippen LogP contribution in [0.2, 0.25) is 0 Å². The van der Waals surface area contributed by atoms with E-state index in [4.69, 9.17) is 5.11 Å². The van der Waals surface area contributed by atoms with Crippen LogP contribution in [0.4, 0.5) is 0 Å². The number of nitrogens with one attached hydrogen (secondary N) is 1. The number of unbranched alkanes of at least 4 members (excludes halogenated alkanes) is 4. The fraction of sp³-hybridized carbons (Fsp3) is 0.500. The van der Waals surface area contributed by atoms with Crippen molar-refractivity contribution in [2.75, 3.05) is 6.54 Å². The highest BCUT2D eigenvalue weighted by molar-refractivity contribution is 9.10. The van der Waals surface area contributed by atoms with Crippen LogP contribution in [0.15, 0.2) is 22.8 Å². The Kier molecular flexibility index (Phi) is 7.87. The van der Waals surface area contributed by atoms with Gasteiger partial charge in [-0.15, -0.1) is 0 Å². The molecule has 1 aromatic heterocycles. The van der Waals surface area contributed by atoms with Gasteiger partial charge in [0.05, 0.1) is 0 Å². The van der Waals surface area contributed by atoms with E-state index >= 15 is 0 Å². The molecule has 6 heteroatoms. The summed E-state index contributed by atoms with van der Waals surface area (Å²) in [4.78, 5) is 26.0. The molecule has 2 N–H and O–H groups in total. The number of carboxylic acid groups (broad SMARTS) is 1. The van der Waals surface area contributed by atoms with Crippen LogP contribution in [0.5, 0.6) is 0 Å². The van der Waals surface area contributed by atoms with Crippen LogP contribution in [-0.2, 0) is 4.79 Å².